The molecule has 1 amide bonds. The summed E-state index contributed by atoms with van der Waals surface area (Å²) < 4.78 is 21.1. The number of pyridine rings is 1. The van der Waals surface area contributed by atoms with Crippen LogP contribution in [0.15, 0.2) is 77.5 Å². The molecule has 0 aliphatic heterocycles. The van der Waals surface area contributed by atoms with E-state index in [1.165, 1.54) is 16.8 Å². The molecule has 0 spiro atoms. The van der Waals surface area contributed by atoms with Crippen molar-refractivity contribution in [2.24, 2.45) is 7.05 Å². The molecular weight excluding hydrogens is 517 g/mol. The Balaban J connectivity index is 1.53. The van der Waals surface area contributed by atoms with Crippen molar-refractivity contribution in [3.8, 4) is 17.0 Å². The third-order valence-corrected chi connectivity index (χ3v) is 5.73. The fraction of sp³-hybridized carbons (Fsp3) is 0.0417. The number of anilines is 3. The second-order valence-electron chi connectivity index (χ2n) is 7.41. The number of nitrogens with one attached hydrogen (secondary N) is 2. The lowest BCUT2D eigenvalue weighted by Crippen LogP contribution is -2.19. The maximum atomic E-state index is 13.2. The number of hydrogen-bond donors (Lipinski definition) is 2. The molecule has 3 aromatic heterocycles. The van der Waals surface area contributed by atoms with Crippen molar-refractivity contribution in [2.75, 3.05) is 10.6 Å². The van der Waals surface area contributed by atoms with Gasteiger partial charge in [-0.1, -0.05) is 34.1 Å². The summed E-state index contributed by atoms with van der Waals surface area (Å²) in [5.41, 5.74) is 2.28. The summed E-state index contributed by atoms with van der Waals surface area (Å²) in [7, 11) is 1.70. The van der Waals surface area contributed by atoms with E-state index in [9.17, 15) is 9.18 Å². The molecule has 0 saturated carbocycles. The van der Waals surface area contributed by atoms with Crippen molar-refractivity contribution in [1.29, 1.82) is 0 Å². The van der Waals surface area contributed by atoms with Gasteiger partial charge in [0.05, 0.1) is 6.20 Å². The van der Waals surface area contributed by atoms with Gasteiger partial charge in [0, 0.05) is 46.0 Å². The second kappa shape index (κ2) is 9.47. The molecule has 0 unspecified atom stereocenters. The van der Waals surface area contributed by atoms with E-state index in [4.69, 9.17) is 4.74 Å². The fourth-order valence-corrected chi connectivity index (χ4v) is 3.83. The Bertz CT molecular complexity index is 1540. The summed E-state index contributed by atoms with van der Waals surface area (Å²) in [6, 6.07) is 16.8. The Morgan fingerprint density at radius 1 is 1.06 bits per heavy atom. The van der Waals surface area contributed by atoms with Gasteiger partial charge in [-0.25, -0.2) is 14.2 Å². The monoisotopic (exact) mass is 533 g/mol. The minimum Gasteiger partial charge on any atom is -0.390 e. The van der Waals surface area contributed by atoms with Gasteiger partial charge in [-0.15, -0.1) is 0 Å². The molecule has 0 fully saturated rings. The van der Waals surface area contributed by atoms with Gasteiger partial charge < -0.3 is 10.1 Å². The highest BCUT2D eigenvalue weighted by Gasteiger charge is 2.18. The van der Waals surface area contributed by atoms with E-state index in [1.807, 2.05) is 24.3 Å². The summed E-state index contributed by atoms with van der Waals surface area (Å²) >= 11 is 3.55. The Morgan fingerprint density at radius 3 is 2.60 bits per heavy atom. The van der Waals surface area contributed by atoms with Gasteiger partial charge in [-0.3, -0.25) is 10.00 Å². The number of carbonyl (C=O) groups excluding carboxylic acids is 1. The molecule has 0 aliphatic carbocycles. The van der Waals surface area contributed by atoms with Crippen LogP contribution in [0.1, 0.15) is 0 Å². The summed E-state index contributed by atoms with van der Waals surface area (Å²) in [6.45, 7) is 0. The summed E-state index contributed by atoms with van der Waals surface area (Å²) in [5, 5.41) is 10.3. The molecule has 0 radical (unpaired) electrons. The van der Waals surface area contributed by atoms with Gasteiger partial charge in [0.1, 0.15) is 11.6 Å². The molecular formula is C24H17BrFN7O2. The molecule has 174 valence electrons. The molecule has 0 bridgehead atoms. The zero-order valence-electron chi connectivity index (χ0n) is 18.2. The first-order chi connectivity index (χ1) is 17.0. The molecule has 3 heterocycles. The first kappa shape index (κ1) is 22.4. The highest BCUT2D eigenvalue weighted by atomic mass is 79.9. The molecule has 35 heavy (non-hydrogen) atoms. The fourth-order valence-electron chi connectivity index (χ4n) is 3.33. The molecule has 11 heteroatoms. The van der Waals surface area contributed by atoms with Crippen LogP contribution in [0.25, 0.3) is 22.2 Å². The van der Waals surface area contributed by atoms with E-state index in [1.54, 1.807) is 43.7 Å². The third-order valence-electron chi connectivity index (χ3n) is 5.04. The molecule has 0 aliphatic rings. The molecule has 5 rings (SSSR count). The van der Waals surface area contributed by atoms with Crippen LogP contribution < -0.4 is 15.4 Å². The Kier molecular flexibility index (Phi) is 6.06. The molecule has 9 nitrogen and oxygen atoms in total. The number of rotatable bonds is 5. The Hall–Kier alpha value is -4.38. The van der Waals surface area contributed by atoms with E-state index in [0.29, 0.717) is 28.1 Å². The van der Waals surface area contributed by atoms with Gasteiger partial charge in [0.2, 0.25) is 11.8 Å². The van der Waals surface area contributed by atoms with Crippen molar-refractivity contribution in [3.05, 3.63) is 83.3 Å². The number of carbonyl (C=O) groups is 1. The lowest BCUT2D eigenvalue weighted by molar-refractivity contribution is 0.213. The van der Waals surface area contributed by atoms with Crippen molar-refractivity contribution < 1.29 is 13.9 Å². The zero-order valence-corrected chi connectivity index (χ0v) is 19.8. The third kappa shape index (κ3) is 4.94. The SMILES string of the molecule is Cn1nccc1NC(=O)Oc1nc2nc(Nc3ccc(F)cc3)ncc2cc1-c1ccccc1Br. The minimum absolute atomic E-state index is 0.0653. The molecule has 0 atom stereocenters. The number of hydrogen-bond acceptors (Lipinski definition) is 7. The normalized spacial score (nSPS) is 10.8. The van der Waals surface area contributed by atoms with Crippen LogP contribution in [0.2, 0.25) is 0 Å². The van der Waals surface area contributed by atoms with Gasteiger partial charge in [0.25, 0.3) is 0 Å². The molecule has 2 N–H and O–H groups in total. The quantitative estimate of drug-likeness (QED) is 0.299. The van der Waals surface area contributed by atoms with Gasteiger partial charge >= 0.3 is 6.09 Å². The maximum Gasteiger partial charge on any atom is 0.419 e. The maximum absolute atomic E-state index is 13.2. The van der Waals surface area contributed by atoms with E-state index < -0.39 is 6.09 Å². The second-order valence-corrected chi connectivity index (χ2v) is 8.27. The average Bonchev–Trinajstić information content (AvgIpc) is 3.24. The largest absolute Gasteiger partial charge is 0.419 e. The summed E-state index contributed by atoms with van der Waals surface area (Å²) in [4.78, 5) is 26.0. The van der Waals surface area contributed by atoms with Gasteiger partial charge in [-0.05, 0) is 36.4 Å². The average molecular weight is 534 g/mol. The van der Waals surface area contributed by atoms with Gasteiger partial charge in [-0.2, -0.15) is 15.1 Å². The molecule has 0 saturated heterocycles. The van der Waals surface area contributed by atoms with Crippen LogP contribution >= 0.6 is 15.9 Å². The van der Waals surface area contributed by atoms with Crippen molar-refractivity contribution in [3.63, 3.8) is 0 Å². The first-order valence-electron chi connectivity index (χ1n) is 10.4. The van der Waals surface area contributed by atoms with E-state index >= 15 is 0 Å². The van der Waals surface area contributed by atoms with Crippen LogP contribution in [-0.4, -0.2) is 30.8 Å². The number of amides is 1. The summed E-state index contributed by atoms with van der Waals surface area (Å²) in [6.07, 6.45) is 2.44. The van der Waals surface area contributed by atoms with Crippen LogP contribution in [-0.2, 0) is 7.05 Å². The van der Waals surface area contributed by atoms with Gasteiger partial charge in [0.15, 0.2) is 5.65 Å². The van der Waals surface area contributed by atoms with E-state index in [-0.39, 0.29) is 17.6 Å². The van der Waals surface area contributed by atoms with Crippen LogP contribution in [0.4, 0.5) is 26.6 Å². The van der Waals surface area contributed by atoms with Crippen molar-refractivity contribution in [2.45, 2.75) is 0 Å². The number of aryl methyl sites for hydroxylation is 1. The summed E-state index contributed by atoms with van der Waals surface area (Å²) in [5.74, 6) is 0.444. The van der Waals surface area contributed by atoms with Crippen molar-refractivity contribution >= 4 is 50.5 Å². The van der Waals surface area contributed by atoms with E-state index in [0.717, 1.165) is 10.0 Å². The van der Waals surface area contributed by atoms with Crippen molar-refractivity contribution in [1.82, 2.24) is 24.7 Å². The topological polar surface area (TPSA) is 107 Å². The molecule has 2 aromatic carbocycles. The number of nitrogens with zero attached hydrogens (tertiary/aromatic N) is 5. The number of aromatic nitrogens is 5. The highest BCUT2D eigenvalue weighted by molar-refractivity contribution is 9.10. The predicted molar refractivity (Wildman–Crippen MR) is 133 cm³/mol. The molecule has 5 aromatic rings. The van der Waals surface area contributed by atoms with Crippen LogP contribution in [0.3, 0.4) is 0 Å². The number of benzene rings is 2. The number of ether oxygens (including phenoxy) is 1. The Morgan fingerprint density at radius 2 is 1.86 bits per heavy atom. The highest BCUT2D eigenvalue weighted by Crippen LogP contribution is 2.36. The lowest BCUT2D eigenvalue weighted by atomic mass is 10.1. The zero-order chi connectivity index (χ0) is 24.4. The minimum atomic E-state index is -0.729. The number of fused-ring (bicyclic) bond motifs is 1. The lowest BCUT2D eigenvalue weighted by Gasteiger charge is -2.13. The first-order valence-corrected chi connectivity index (χ1v) is 11.2. The Labute approximate surface area is 207 Å². The van der Waals surface area contributed by atoms with Crippen LogP contribution in [0, 0.1) is 5.82 Å². The predicted octanol–water partition coefficient (Wildman–Crippen LogP) is 5.68. The van der Waals surface area contributed by atoms with Crippen LogP contribution in [0.5, 0.6) is 5.88 Å². The standard InChI is InChI=1S/C24H17BrFN7O2/c1-33-20(10-11-28-33)30-24(34)35-22-18(17-4-2-3-5-19(17)25)12-14-13-27-23(32-21(14)31-22)29-16-8-6-15(26)7-9-16/h2-13H,1H3,(H,30,34)(H,27,29,31,32). The smallest absolute Gasteiger partial charge is 0.390 e. The number of halogens is 2. The van der Waals surface area contributed by atoms with E-state index in [2.05, 4.69) is 46.6 Å².